The van der Waals surface area contributed by atoms with Gasteiger partial charge in [0.2, 0.25) is 0 Å². The normalized spacial score (nSPS) is 15.8. The van der Waals surface area contributed by atoms with E-state index in [1.54, 1.807) is 62.3 Å². The van der Waals surface area contributed by atoms with Gasteiger partial charge in [-0.05, 0) is 79.6 Å². The van der Waals surface area contributed by atoms with Crippen LogP contribution in [0.3, 0.4) is 0 Å². The monoisotopic (exact) mass is 1140 g/mol. The van der Waals surface area contributed by atoms with Crippen molar-refractivity contribution in [2.75, 3.05) is 0 Å². The summed E-state index contributed by atoms with van der Waals surface area (Å²) in [6.45, 7) is 14.5. The van der Waals surface area contributed by atoms with Crippen LogP contribution in [0.1, 0.15) is 79.0 Å². The minimum atomic E-state index is -9.92. The maximum atomic E-state index is 15.9. The number of halogens is 27. The number of hydrogen-bond acceptors (Lipinski definition) is 2. The molecule has 0 amide bonds. The Labute approximate surface area is 403 Å². The van der Waals surface area contributed by atoms with Crippen LogP contribution in [0.2, 0.25) is 0 Å². The van der Waals surface area contributed by atoms with Crippen molar-refractivity contribution in [2.24, 2.45) is 0 Å². The summed E-state index contributed by atoms with van der Waals surface area (Å²) in [7, 11) is -4.63. The molecule has 0 radical (unpaired) electrons. The van der Waals surface area contributed by atoms with E-state index in [2.05, 4.69) is 0 Å². The Hall–Kier alpha value is -4.41. The summed E-state index contributed by atoms with van der Waals surface area (Å²) in [5.41, 5.74) is -1.21. The molecule has 2 nitrogen and oxygen atoms in total. The molecule has 0 unspecified atom stereocenters. The highest BCUT2D eigenvalue weighted by molar-refractivity contribution is 8.30. The SMILES string of the molecule is CC(C)(C)c1ccc(S(OC(=O)C(F)(F)C(F)(F)C(F)(F)C(F)(F)C(F)(F)C(F)(F)C(F)(F)C(F)(F)C(F)(F)C(F)(F)C(F)(F)C(F)(F)C(F)(F)F)(c2ccc(C(C)(C)C)cc2)c2ccc(C(C)(C)C)cc2)cc1. The van der Waals surface area contributed by atoms with Crippen LogP contribution in [0.15, 0.2) is 87.5 Å². The molecule has 0 saturated carbocycles. The lowest BCUT2D eigenvalue weighted by Crippen LogP contribution is -2.79. The van der Waals surface area contributed by atoms with Crippen LogP contribution < -0.4 is 0 Å². The first-order valence-electron chi connectivity index (χ1n) is 20.3. The maximum Gasteiger partial charge on any atom is 0.460 e. The Balaban J connectivity index is 2.38. The summed E-state index contributed by atoms with van der Waals surface area (Å²) in [5.74, 6) is -117. The Kier molecular flexibility index (Phi) is 15.6. The average molecular weight is 1140 g/mol. The predicted octanol–water partition coefficient (Wildman–Crippen LogP) is 17.5. The van der Waals surface area contributed by atoms with Crippen molar-refractivity contribution in [1.29, 1.82) is 0 Å². The lowest BCUT2D eigenvalue weighted by Gasteiger charge is -2.46. The number of rotatable bonds is 16. The van der Waals surface area contributed by atoms with Crippen LogP contribution in [-0.4, -0.2) is 83.2 Å². The number of carbonyl (C=O) groups is 1. The first-order valence-corrected chi connectivity index (χ1v) is 21.8. The molecule has 0 aromatic heterocycles. The van der Waals surface area contributed by atoms with Crippen molar-refractivity contribution in [3.8, 4) is 0 Å². The molecule has 3 aromatic rings. The van der Waals surface area contributed by atoms with E-state index in [9.17, 15) is 88.2 Å². The molecule has 3 rings (SSSR count). The predicted molar refractivity (Wildman–Crippen MR) is 209 cm³/mol. The van der Waals surface area contributed by atoms with Crippen LogP contribution in [-0.2, 0) is 25.2 Å². The van der Waals surface area contributed by atoms with Gasteiger partial charge in [-0.1, -0.05) is 98.7 Å². The van der Waals surface area contributed by atoms with Crippen LogP contribution >= 0.6 is 10.3 Å². The van der Waals surface area contributed by atoms with E-state index in [1.165, 1.54) is 36.4 Å². The molecule has 0 aliphatic heterocycles. The van der Waals surface area contributed by atoms with Gasteiger partial charge in [0.15, 0.2) is 0 Å². The zero-order chi connectivity index (χ0) is 58.7. The van der Waals surface area contributed by atoms with Gasteiger partial charge >= 0.3 is 83.2 Å². The molecular formula is C44H39F27O2S. The molecule has 74 heavy (non-hydrogen) atoms. The van der Waals surface area contributed by atoms with E-state index in [0.717, 1.165) is 36.4 Å². The molecule has 0 fully saturated rings. The highest BCUT2D eigenvalue weighted by Gasteiger charge is 3.00. The Morgan fingerprint density at radius 1 is 0.297 bits per heavy atom. The van der Waals surface area contributed by atoms with Gasteiger partial charge in [0, 0.05) is 14.7 Å². The third-order valence-corrected chi connectivity index (χ3v) is 14.5. The molecule has 0 spiro atoms. The van der Waals surface area contributed by atoms with Gasteiger partial charge in [0.1, 0.15) is 0 Å². The zero-order valence-corrected chi connectivity index (χ0v) is 39.7. The van der Waals surface area contributed by atoms with Gasteiger partial charge in [-0.15, -0.1) is 0 Å². The molecule has 0 aliphatic rings. The van der Waals surface area contributed by atoms with Gasteiger partial charge in [-0.2, -0.15) is 119 Å². The molecule has 0 bridgehead atoms. The van der Waals surface area contributed by atoms with Gasteiger partial charge in [-0.3, -0.25) is 0 Å². The molecule has 0 heterocycles. The fourth-order valence-electron chi connectivity index (χ4n) is 6.44. The minimum absolute atomic E-state index is 0.380. The van der Waals surface area contributed by atoms with Gasteiger partial charge < -0.3 is 4.18 Å². The maximum absolute atomic E-state index is 15.9. The zero-order valence-electron chi connectivity index (χ0n) is 38.9. The van der Waals surface area contributed by atoms with E-state index < -0.39 is 124 Å². The largest absolute Gasteiger partial charge is 0.460 e. The number of carbonyl (C=O) groups excluding carboxylic acids is 1. The Morgan fingerprint density at radius 3 is 0.649 bits per heavy atom. The van der Waals surface area contributed by atoms with Crippen molar-refractivity contribution in [2.45, 2.75) is 170 Å². The average Bonchev–Trinajstić information content (AvgIpc) is 3.23. The topological polar surface area (TPSA) is 26.3 Å². The molecule has 0 atom stereocenters. The Morgan fingerprint density at radius 2 is 0.473 bits per heavy atom. The summed E-state index contributed by atoms with van der Waals surface area (Å²) in [4.78, 5) is 12.0. The first kappa shape index (κ1) is 63.9. The highest BCUT2D eigenvalue weighted by atomic mass is 32.3. The van der Waals surface area contributed by atoms with Crippen molar-refractivity contribution < 1.29 is 128 Å². The fourth-order valence-corrected chi connectivity index (χ4v) is 9.43. The number of hydrogen-bond donors (Lipinski definition) is 0. The van der Waals surface area contributed by atoms with E-state index in [1.807, 2.05) is 0 Å². The van der Waals surface area contributed by atoms with Crippen LogP contribution in [0.5, 0.6) is 0 Å². The standard InChI is InChI=1S/C44H39F27O2S/c1-29(2,3)22-10-16-25(17-11-22)74(26-18-12-23(13-19-26)30(4,5)6,27-20-14-24(15-21-27)31(7,8)9)73-28(72)32(45,46)33(47,48)34(49,50)35(51,52)36(53,54)37(55,56)38(57,58)39(59,60)40(61,62)41(63,64)42(65,66)43(67,68)44(69,70)71/h10-21H,1-9H3. The van der Waals surface area contributed by atoms with Gasteiger partial charge in [-0.25, -0.2) is 4.79 Å². The third-order valence-electron chi connectivity index (χ3n) is 11.3. The smallest absolute Gasteiger partial charge is 0.397 e. The quantitative estimate of drug-likeness (QED) is 0.134. The Bertz CT molecular complexity index is 2350. The summed E-state index contributed by atoms with van der Waals surface area (Å²) < 4.78 is 392. The lowest BCUT2D eigenvalue weighted by molar-refractivity contribution is -0.484. The second-order valence-electron chi connectivity index (χ2n) is 19.6. The summed E-state index contributed by atoms with van der Waals surface area (Å²) in [5, 5.41) is 0. The van der Waals surface area contributed by atoms with Gasteiger partial charge in [0.25, 0.3) is 0 Å². The molecule has 422 valence electrons. The van der Waals surface area contributed by atoms with Crippen LogP contribution in [0.4, 0.5) is 119 Å². The highest BCUT2D eigenvalue weighted by Crippen LogP contribution is 2.72. The minimum Gasteiger partial charge on any atom is -0.397 e. The fraction of sp³-hybridized carbons (Fsp3) is 0.568. The second-order valence-corrected chi connectivity index (χ2v) is 22.3. The van der Waals surface area contributed by atoms with E-state index in [-0.39, 0.29) is 0 Å². The van der Waals surface area contributed by atoms with Crippen molar-refractivity contribution >= 4 is 16.3 Å². The van der Waals surface area contributed by atoms with Gasteiger partial charge in [0.05, 0.1) is 0 Å². The summed E-state index contributed by atoms with van der Waals surface area (Å²) >= 11 is 0. The third kappa shape index (κ3) is 9.19. The van der Waals surface area contributed by atoms with E-state index in [4.69, 9.17) is 4.18 Å². The van der Waals surface area contributed by atoms with Crippen molar-refractivity contribution in [1.82, 2.24) is 0 Å². The number of benzene rings is 3. The molecule has 3 aromatic carbocycles. The lowest BCUT2D eigenvalue weighted by atomic mass is 9.84. The van der Waals surface area contributed by atoms with E-state index >= 15 is 35.1 Å². The second kappa shape index (κ2) is 18.1. The molecular weight excluding hydrogens is 1110 g/mol. The molecule has 0 N–H and O–H groups in total. The van der Waals surface area contributed by atoms with E-state index in [0.29, 0.717) is 16.7 Å². The summed E-state index contributed by atoms with van der Waals surface area (Å²) in [6.07, 6.45) is -8.30. The first-order chi connectivity index (χ1) is 32.3. The number of alkyl halides is 27. The molecule has 0 aliphatic carbocycles. The van der Waals surface area contributed by atoms with Crippen LogP contribution in [0.25, 0.3) is 0 Å². The van der Waals surface area contributed by atoms with Crippen molar-refractivity contribution in [3.05, 3.63) is 89.5 Å². The van der Waals surface area contributed by atoms with Crippen LogP contribution in [0, 0.1) is 0 Å². The molecule has 30 heteroatoms. The summed E-state index contributed by atoms with van der Waals surface area (Å²) in [6, 6.07) is 13.3. The molecule has 0 saturated heterocycles. The van der Waals surface area contributed by atoms with Crippen molar-refractivity contribution in [3.63, 3.8) is 0 Å².